The normalized spacial score (nSPS) is 19.0. The summed E-state index contributed by atoms with van der Waals surface area (Å²) in [6.07, 6.45) is 0. The van der Waals surface area contributed by atoms with Gasteiger partial charge in [-0.3, -0.25) is 0 Å². The molecule has 5 nitrogen and oxygen atoms in total. The number of benzene rings is 1. The van der Waals surface area contributed by atoms with E-state index in [2.05, 4.69) is 0 Å². The SMILES string of the molecule is COc1cc(N2CCS(=O)(=O)CC2)ccc1N. The molecule has 0 unspecified atom stereocenters. The number of sulfone groups is 1. The average molecular weight is 256 g/mol. The third-order valence-corrected chi connectivity index (χ3v) is 4.54. The van der Waals surface area contributed by atoms with E-state index in [1.54, 1.807) is 13.2 Å². The second-order valence-corrected chi connectivity index (χ2v) is 6.37. The lowest BCUT2D eigenvalue weighted by molar-refractivity contribution is 0.417. The second kappa shape index (κ2) is 4.44. The fraction of sp³-hybridized carbons (Fsp3) is 0.455. The van der Waals surface area contributed by atoms with Crippen molar-refractivity contribution in [3.8, 4) is 5.75 Å². The molecule has 17 heavy (non-hydrogen) atoms. The predicted molar refractivity (Wildman–Crippen MR) is 68.3 cm³/mol. The quantitative estimate of drug-likeness (QED) is 0.781. The minimum absolute atomic E-state index is 0.208. The van der Waals surface area contributed by atoms with Crippen LogP contribution in [0, 0.1) is 0 Å². The first kappa shape index (κ1) is 12.0. The lowest BCUT2D eigenvalue weighted by atomic mass is 10.2. The van der Waals surface area contributed by atoms with Crippen molar-refractivity contribution < 1.29 is 13.2 Å². The molecule has 0 radical (unpaired) electrons. The molecule has 0 aromatic heterocycles. The maximum Gasteiger partial charge on any atom is 0.153 e. The summed E-state index contributed by atoms with van der Waals surface area (Å²) >= 11 is 0. The summed E-state index contributed by atoms with van der Waals surface area (Å²) in [7, 11) is -1.28. The smallest absolute Gasteiger partial charge is 0.153 e. The Hall–Kier alpha value is -1.43. The Morgan fingerprint density at radius 2 is 1.94 bits per heavy atom. The van der Waals surface area contributed by atoms with Crippen LogP contribution in [0.3, 0.4) is 0 Å². The molecule has 0 saturated carbocycles. The molecule has 0 aliphatic carbocycles. The van der Waals surface area contributed by atoms with Crippen LogP contribution in [-0.4, -0.2) is 40.1 Å². The Kier molecular flexibility index (Phi) is 3.15. The summed E-state index contributed by atoms with van der Waals surface area (Å²) in [5, 5.41) is 0. The van der Waals surface area contributed by atoms with Crippen LogP contribution in [0.2, 0.25) is 0 Å². The Labute approximate surface area is 101 Å². The highest BCUT2D eigenvalue weighted by Crippen LogP contribution is 2.28. The summed E-state index contributed by atoms with van der Waals surface area (Å²) in [6, 6.07) is 5.50. The van der Waals surface area contributed by atoms with Gasteiger partial charge in [-0.25, -0.2) is 8.42 Å². The largest absolute Gasteiger partial charge is 0.495 e. The van der Waals surface area contributed by atoms with Crippen molar-refractivity contribution in [3.63, 3.8) is 0 Å². The number of anilines is 2. The zero-order valence-corrected chi connectivity index (χ0v) is 10.5. The number of rotatable bonds is 2. The average Bonchev–Trinajstić information content (AvgIpc) is 2.30. The minimum atomic E-state index is -2.85. The van der Waals surface area contributed by atoms with Gasteiger partial charge in [-0.1, -0.05) is 0 Å². The maximum absolute atomic E-state index is 11.3. The Bertz CT molecular complexity index is 499. The van der Waals surface area contributed by atoms with Crippen LogP contribution in [0.25, 0.3) is 0 Å². The molecular weight excluding hydrogens is 240 g/mol. The number of hydrogen-bond acceptors (Lipinski definition) is 5. The fourth-order valence-corrected chi connectivity index (χ4v) is 3.07. The van der Waals surface area contributed by atoms with Gasteiger partial charge in [-0.05, 0) is 12.1 Å². The summed E-state index contributed by atoms with van der Waals surface area (Å²) < 4.78 is 27.8. The summed E-state index contributed by atoms with van der Waals surface area (Å²) in [4.78, 5) is 2.03. The number of hydrogen-bond donors (Lipinski definition) is 1. The topological polar surface area (TPSA) is 72.6 Å². The first-order valence-corrected chi connectivity index (χ1v) is 7.23. The van der Waals surface area contributed by atoms with Crippen LogP contribution in [-0.2, 0) is 9.84 Å². The highest BCUT2D eigenvalue weighted by molar-refractivity contribution is 7.91. The molecule has 1 fully saturated rings. The van der Waals surface area contributed by atoms with E-state index in [9.17, 15) is 8.42 Å². The van der Waals surface area contributed by atoms with Crippen molar-refractivity contribution in [1.82, 2.24) is 0 Å². The fourth-order valence-electron chi connectivity index (χ4n) is 1.87. The Morgan fingerprint density at radius 3 is 2.53 bits per heavy atom. The predicted octanol–water partition coefficient (Wildman–Crippen LogP) is 0.512. The van der Waals surface area contributed by atoms with E-state index >= 15 is 0 Å². The van der Waals surface area contributed by atoms with E-state index < -0.39 is 9.84 Å². The van der Waals surface area contributed by atoms with Crippen LogP contribution in [0.4, 0.5) is 11.4 Å². The van der Waals surface area contributed by atoms with Gasteiger partial charge in [0.2, 0.25) is 0 Å². The first-order valence-electron chi connectivity index (χ1n) is 5.41. The summed E-state index contributed by atoms with van der Waals surface area (Å²) in [5.74, 6) is 1.04. The molecular formula is C11H16N2O3S. The van der Waals surface area contributed by atoms with Crippen molar-refractivity contribution in [2.45, 2.75) is 0 Å². The number of nitrogens with two attached hydrogens (primary N) is 1. The minimum Gasteiger partial charge on any atom is -0.495 e. The van der Waals surface area contributed by atoms with Crippen molar-refractivity contribution in [1.29, 1.82) is 0 Å². The van der Waals surface area contributed by atoms with Crippen LogP contribution in [0.1, 0.15) is 0 Å². The van der Waals surface area contributed by atoms with Crippen molar-refractivity contribution in [3.05, 3.63) is 18.2 Å². The van der Waals surface area contributed by atoms with Gasteiger partial charge in [-0.15, -0.1) is 0 Å². The Morgan fingerprint density at radius 1 is 1.29 bits per heavy atom. The maximum atomic E-state index is 11.3. The summed E-state index contributed by atoms with van der Waals surface area (Å²) in [5.41, 5.74) is 7.27. The highest BCUT2D eigenvalue weighted by atomic mass is 32.2. The summed E-state index contributed by atoms with van der Waals surface area (Å²) in [6.45, 7) is 1.05. The van der Waals surface area contributed by atoms with Gasteiger partial charge in [-0.2, -0.15) is 0 Å². The van der Waals surface area contributed by atoms with Crippen LogP contribution >= 0.6 is 0 Å². The number of nitrogen functional groups attached to an aromatic ring is 1. The molecule has 1 heterocycles. The molecule has 0 bridgehead atoms. The van der Waals surface area contributed by atoms with E-state index in [0.717, 1.165) is 5.69 Å². The third kappa shape index (κ3) is 2.63. The molecule has 1 aliphatic heterocycles. The van der Waals surface area contributed by atoms with Crippen LogP contribution < -0.4 is 15.4 Å². The molecule has 1 saturated heterocycles. The van der Waals surface area contributed by atoms with Crippen molar-refractivity contribution >= 4 is 21.2 Å². The van der Waals surface area contributed by atoms with Crippen LogP contribution in [0.15, 0.2) is 18.2 Å². The van der Waals surface area contributed by atoms with Gasteiger partial charge in [0.1, 0.15) is 5.75 Å². The lowest BCUT2D eigenvalue weighted by Gasteiger charge is -2.29. The zero-order valence-electron chi connectivity index (χ0n) is 9.72. The molecule has 0 atom stereocenters. The first-order chi connectivity index (χ1) is 8.02. The van der Waals surface area contributed by atoms with Gasteiger partial charge in [0.15, 0.2) is 9.84 Å². The Balaban J connectivity index is 2.19. The third-order valence-electron chi connectivity index (χ3n) is 2.93. The standard InChI is InChI=1S/C11H16N2O3S/c1-16-11-8-9(2-3-10(11)12)13-4-6-17(14,15)7-5-13/h2-3,8H,4-7,12H2,1H3. The van der Waals surface area contributed by atoms with Crippen LogP contribution in [0.5, 0.6) is 5.75 Å². The molecule has 2 rings (SSSR count). The van der Waals surface area contributed by atoms with E-state index in [-0.39, 0.29) is 11.5 Å². The second-order valence-electron chi connectivity index (χ2n) is 4.07. The zero-order chi connectivity index (χ0) is 12.5. The molecule has 1 aliphatic rings. The van der Waals surface area contributed by atoms with E-state index in [0.29, 0.717) is 24.5 Å². The molecule has 1 aromatic carbocycles. The molecule has 6 heteroatoms. The van der Waals surface area contributed by atoms with E-state index in [1.165, 1.54) is 0 Å². The van der Waals surface area contributed by atoms with Crippen molar-refractivity contribution in [2.24, 2.45) is 0 Å². The highest BCUT2D eigenvalue weighted by Gasteiger charge is 2.22. The molecule has 2 N–H and O–H groups in total. The number of ether oxygens (including phenoxy) is 1. The van der Waals surface area contributed by atoms with E-state index in [1.807, 2.05) is 17.0 Å². The van der Waals surface area contributed by atoms with Crippen molar-refractivity contribution in [2.75, 3.05) is 42.3 Å². The van der Waals surface area contributed by atoms with Gasteiger partial charge in [0.25, 0.3) is 0 Å². The molecule has 0 spiro atoms. The number of methoxy groups -OCH3 is 1. The monoisotopic (exact) mass is 256 g/mol. The molecule has 94 valence electrons. The van der Waals surface area contributed by atoms with Gasteiger partial charge in [0.05, 0.1) is 24.3 Å². The van der Waals surface area contributed by atoms with Gasteiger partial charge >= 0.3 is 0 Å². The lowest BCUT2D eigenvalue weighted by Crippen LogP contribution is -2.40. The van der Waals surface area contributed by atoms with E-state index in [4.69, 9.17) is 10.5 Å². The molecule has 0 amide bonds. The van der Waals surface area contributed by atoms with Gasteiger partial charge in [0, 0.05) is 24.8 Å². The number of nitrogens with zero attached hydrogens (tertiary/aromatic N) is 1. The molecule has 1 aromatic rings. The van der Waals surface area contributed by atoms with Gasteiger partial charge < -0.3 is 15.4 Å².